The molecule has 0 unspecified atom stereocenters. The fourth-order valence-electron chi connectivity index (χ4n) is 1.54. The Kier molecular flexibility index (Phi) is 5.01. The zero-order valence-electron chi connectivity index (χ0n) is 9.46. The number of Topliss-reactive ketones (excluding diaryl/α,β-unsaturated/α-hetero) is 1. The lowest BCUT2D eigenvalue weighted by molar-refractivity contribution is 0.0987. The lowest BCUT2D eigenvalue weighted by Gasteiger charge is -2.05. The molecule has 0 spiro atoms. The number of nitrogens with zero attached hydrogens (tertiary/aromatic N) is 1. The molecule has 1 heterocycles. The van der Waals surface area contributed by atoms with Crippen LogP contribution in [0.1, 0.15) is 16.1 Å². The highest BCUT2D eigenvalue weighted by Crippen LogP contribution is 2.24. The van der Waals surface area contributed by atoms with Crippen molar-refractivity contribution in [2.24, 2.45) is 0 Å². The van der Waals surface area contributed by atoms with Gasteiger partial charge in [0.25, 0.3) is 0 Å². The monoisotopic (exact) mass is 421 g/mol. The second-order valence-electron chi connectivity index (χ2n) is 3.82. The van der Waals surface area contributed by atoms with Gasteiger partial charge in [-0.05, 0) is 55.6 Å². The molecule has 0 fully saturated rings. The van der Waals surface area contributed by atoms with Gasteiger partial charge in [-0.3, -0.25) is 9.78 Å². The molecular weight excluding hydrogens is 417 g/mol. The van der Waals surface area contributed by atoms with Crippen molar-refractivity contribution in [1.29, 1.82) is 0 Å². The van der Waals surface area contributed by atoms with Crippen LogP contribution in [0.3, 0.4) is 0 Å². The molecule has 2 aromatic rings. The minimum atomic E-state index is -0.108. The fourth-order valence-corrected chi connectivity index (χ4v) is 3.23. The number of halogens is 4. The third-order valence-electron chi connectivity index (χ3n) is 2.44. The Balaban J connectivity index is 2.25. The van der Waals surface area contributed by atoms with Gasteiger partial charge < -0.3 is 0 Å². The average molecular weight is 424 g/mol. The molecule has 19 heavy (non-hydrogen) atoms. The van der Waals surface area contributed by atoms with E-state index >= 15 is 0 Å². The number of pyridine rings is 1. The molecule has 0 aliphatic carbocycles. The molecule has 0 radical (unpaired) electrons. The van der Waals surface area contributed by atoms with Crippen LogP contribution in [0.5, 0.6) is 0 Å². The molecule has 0 bridgehead atoms. The number of hydrogen-bond acceptors (Lipinski definition) is 2. The number of carbonyl (C=O) groups excluding carboxylic acids is 1. The minimum absolute atomic E-state index is 0.108. The summed E-state index contributed by atoms with van der Waals surface area (Å²) < 4.78 is 1.46. The van der Waals surface area contributed by atoms with E-state index in [-0.39, 0.29) is 12.2 Å². The summed E-state index contributed by atoms with van der Waals surface area (Å²) in [4.78, 5) is 16.3. The zero-order valence-corrected chi connectivity index (χ0v) is 14.1. The highest BCUT2D eigenvalue weighted by molar-refractivity contribution is 9.11. The standard InChI is InChI=1S/C13H7Br2Cl2NO/c14-8-4-10(15)13(18-6-8)12(19)3-7-1-2-9(16)5-11(7)17/h1-2,4-6H,3H2. The summed E-state index contributed by atoms with van der Waals surface area (Å²) in [5.74, 6) is -0.108. The Morgan fingerprint density at radius 1 is 1.21 bits per heavy atom. The Bertz CT molecular complexity index is 647. The van der Waals surface area contributed by atoms with Gasteiger partial charge in [0.1, 0.15) is 5.69 Å². The van der Waals surface area contributed by atoms with Crippen LogP contribution >= 0.6 is 55.1 Å². The van der Waals surface area contributed by atoms with E-state index in [0.29, 0.717) is 20.2 Å². The maximum absolute atomic E-state index is 12.2. The van der Waals surface area contributed by atoms with Crippen molar-refractivity contribution < 1.29 is 4.79 Å². The quantitative estimate of drug-likeness (QED) is 0.624. The molecule has 2 rings (SSSR count). The highest BCUT2D eigenvalue weighted by atomic mass is 79.9. The van der Waals surface area contributed by atoms with E-state index in [1.54, 1.807) is 30.5 Å². The van der Waals surface area contributed by atoms with Crippen LogP contribution in [0.15, 0.2) is 39.4 Å². The van der Waals surface area contributed by atoms with E-state index in [1.165, 1.54) is 0 Å². The first kappa shape index (κ1) is 15.0. The molecule has 0 saturated heterocycles. The Morgan fingerprint density at radius 2 is 1.95 bits per heavy atom. The minimum Gasteiger partial charge on any atom is -0.292 e. The van der Waals surface area contributed by atoms with Crippen LogP contribution in [0.4, 0.5) is 0 Å². The van der Waals surface area contributed by atoms with E-state index in [9.17, 15) is 4.79 Å². The van der Waals surface area contributed by atoms with Crippen molar-refractivity contribution in [3.05, 3.63) is 60.7 Å². The summed E-state index contributed by atoms with van der Waals surface area (Å²) in [6, 6.07) is 6.86. The normalized spacial score (nSPS) is 10.5. The number of ketones is 1. The van der Waals surface area contributed by atoms with Crippen molar-refractivity contribution >= 4 is 60.8 Å². The molecule has 1 aromatic carbocycles. The van der Waals surface area contributed by atoms with Gasteiger partial charge in [0, 0.05) is 31.6 Å². The number of aromatic nitrogens is 1. The summed E-state index contributed by atoms with van der Waals surface area (Å²) in [6.07, 6.45) is 1.77. The van der Waals surface area contributed by atoms with Gasteiger partial charge in [0.2, 0.25) is 0 Å². The number of benzene rings is 1. The van der Waals surface area contributed by atoms with Crippen LogP contribution in [0, 0.1) is 0 Å². The largest absolute Gasteiger partial charge is 0.292 e. The maximum Gasteiger partial charge on any atom is 0.186 e. The van der Waals surface area contributed by atoms with Gasteiger partial charge in [-0.1, -0.05) is 29.3 Å². The van der Waals surface area contributed by atoms with Crippen LogP contribution < -0.4 is 0 Å². The smallest absolute Gasteiger partial charge is 0.186 e. The molecule has 0 amide bonds. The van der Waals surface area contributed by atoms with Crippen LogP contribution in [-0.4, -0.2) is 10.8 Å². The van der Waals surface area contributed by atoms with Gasteiger partial charge in [-0.15, -0.1) is 0 Å². The van der Waals surface area contributed by atoms with E-state index in [0.717, 1.165) is 10.0 Å². The van der Waals surface area contributed by atoms with Gasteiger partial charge >= 0.3 is 0 Å². The van der Waals surface area contributed by atoms with Crippen molar-refractivity contribution in [1.82, 2.24) is 4.98 Å². The lowest BCUT2D eigenvalue weighted by atomic mass is 10.1. The number of hydrogen-bond donors (Lipinski definition) is 0. The molecular formula is C13H7Br2Cl2NO. The predicted octanol–water partition coefficient (Wildman–Crippen LogP) is 5.34. The molecule has 6 heteroatoms. The molecule has 0 atom stereocenters. The lowest BCUT2D eigenvalue weighted by Crippen LogP contribution is -2.07. The second-order valence-corrected chi connectivity index (χ2v) is 6.43. The van der Waals surface area contributed by atoms with Crippen molar-refractivity contribution in [2.45, 2.75) is 6.42 Å². The van der Waals surface area contributed by atoms with Gasteiger partial charge in [0.05, 0.1) is 0 Å². The Morgan fingerprint density at radius 3 is 2.58 bits per heavy atom. The molecule has 0 saturated carbocycles. The number of rotatable bonds is 3. The van der Waals surface area contributed by atoms with E-state index in [1.807, 2.05) is 0 Å². The summed E-state index contributed by atoms with van der Waals surface area (Å²) in [6.45, 7) is 0. The highest BCUT2D eigenvalue weighted by Gasteiger charge is 2.14. The molecule has 2 nitrogen and oxygen atoms in total. The summed E-state index contributed by atoms with van der Waals surface area (Å²) >= 11 is 18.5. The van der Waals surface area contributed by atoms with Crippen molar-refractivity contribution in [3.8, 4) is 0 Å². The average Bonchev–Trinajstić information content (AvgIpc) is 2.32. The molecule has 0 N–H and O–H groups in total. The van der Waals surface area contributed by atoms with Crippen molar-refractivity contribution in [2.75, 3.05) is 0 Å². The maximum atomic E-state index is 12.2. The van der Waals surface area contributed by atoms with Gasteiger partial charge in [-0.2, -0.15) is 0 Å². The predicted molar refractivity (Wildman–Crippen MR) is 84.1 cm³/mol. The van der Waals surface area contributed by atoms with E-state index in [4.69, 9.17) is 23.2 Å². The van der Waals surface area contributed by atoms with Crippen LogP contribution in [0.2, 0.25) is 10.0 Å². The first-order valence-corrected chi connectivity index (χ1v) is 7.59. The second kappa shape index (κ2) is 6.35. The zero-order chi connectivity index (χ0) is 14.0. The van der Waals surface area contributed by atoms with Gasteiger partial charge in [-0.25, -0.2) is 0 Å². The van der Waals surface area contributed by atoms with Crippen LogP contribution in [-0.2, 0) is 6.42 Å². The van der Waals surface area contributed by atoms with Crippen LogP contribution in [0.25, 0.3) is 0 Å². The Labute approximate surface area is 137 Å². The summed E-state index contributed by atoms with van der Waals surface area (Å²) in [7, 11) is 0. The first-order chi connectivity index (χ1) is 8.97. The van der Waals surface area contributed by atoms with Crippen molar-refractivity contribution in [3.63, 3.8) is 0 Å². The third kappa shape index (κ3) is 3.78. The molecule has 0 aliphatic rings. The first-order valence-electron chi connectivity index (χ1n) is 5.25. The third-order valence-corrected chi connectivity index (χ3v) is 4.06. The Hall–Kier alpha value is -0.420. The molecule has 1 aromatic heterocycles. The van der Waals surface area contributed by atoms with E-state index < -0.39 is 0 Å². The van der Waals surface area contributed by atoms with E-state index in [2.05, 4.69) is 36.8 Å². The number of carbonyl (C=O) groups is 1. The fraction of sp³-hybridized carbons (Fsp3) is 0.0769. The molecule has 0 aliphatic heterocycles. The molecule has 98 valence electrons. The summed E-state index contributed by atoms with van der Waals surface area (Å²) in [5.41, 5.74) is 1.11. The topological polar surface area (TPSA) is 30.0 Å². The SMILES string of the molecule is O=C(Cc1ccc(Cl)cc1Cl)c1ncc(Br)cc1Br. The van der Waals surface area contributed by atoms with Gasteiger partial charge in [0.15, 0.2) is 5.78 Å². The summed E-state index contributed by atoms with van der Waals surface area (Å²) in [5, 5.41) is 1.03.